The summed E-state index contributed by atoms with van der Waals surface area (Å²) in [5.41, 5.74) is 0.261. The molecule has 2 N–H and O–H groups in total. The first-order chi connectivity index (χ1) is 14.4. The van der Waals surface area contributed by atoms with Crippen LogP contribution in [0.4, 0.5) is 0 Å². The number of aliphatic hydroxyl groups excluding tert-OH is 2. The molecule has 0 amide bonds. The topological polar surface area (TPSA) is 43.7 Å². The number of piperidine rings is 2. The Bertz CT molecular complexity index is 665. The molecule has 3 heteroatoms. The van der Waals surface area contributed by atoms with Crippen LogP contribution < -0.4 is 0 Å². The summed E-state index contributed by atoms with van der Waals surface area (Å²) in [5, 5.41) is 21.5. The second kappa shape index (κ2) is 7.19. The summed E-state index contributed by atoms with van der Waals surface area (Å²) in [6, 6.07) is 0.853. The van der Waals surface area contributed by atoms with Crippen LogP contribution in [-0.2, 0) is 0 Å². The molecule has 0 bridgehead atoms. The highest BCUT2D eigenvalue weighted by atomic mass is 16.3. The van der Waals surface area contributed by atoms with E-state index < -0.39 is 0 Å². The molecule has 0 aromatic carbocycles. The summed E-state index contributed by atoms with van der Waals surface area (Å²) in [6.45, 7) is 10.3. The van der Waals surface area contributed by atoms with Crippen LogP contribution in [-0.4, -0.2) is 46.5 Å². The van der Waals surface area contributed by atoms with Gasteiger partial charge in [-0.2, -0.15) is 0 Å². The van der Waals surface area contributed by atoms with Crippen LogP contribution in [0, 0.1) is 58.7 Å². The first-order valence-corrected chi connectivity index (χ1v) is 13.5. The maximum Gasteiger partial charge on any atom is 0.0577 e. The third-order valence-electron chi connectivity index (χ3n) is 12.0. The van der Waals surface area contributed by atoms with E-state index in [1.807, 2.05) is 0 Å². The van der Waals surface area contributed by atoms with Gasteiger partial charge in [0.2, 0.25) is 0 Å². The standard InChI is InChI=1S/C27H45NO2/c1-15-4-7-25-16(2)18-5-6-19-20(22(18)14-28(25)13-15)11-23-21(19)12-26(30)24-10-17(29)8-9-27(23,24)3/h15-26,29-30H,4-14H2,1-3H3/t15-,16-,17+,18+,19+,20+,21-,22+,23+,24?,25-,26-,27+/m1/s1. The molecule has 2 aliphatic heterocycles. The molecule has 2 heterocycles. The van der Waals surface area contributed by atoms with Crippen molar-refractivity contribution in [1.82, 2.24) is 4.90 Å². The van der Waals surface area contributed by atoms with Gasteiger partial charge in [-0.25, -0.2) is 0 Å². The molecule has 4 saturated carbocycles. The largest absolute Gasteiger partial charge is 0.393 e. The van der Waals surface area contributed by atoms with E-state index >= 15 is 0 Å². The van der Waals surface area contributed by atoms with Crippen LogP contribution in [0.1, 0.15) is 78.6 Å². The van der Waals surface area contributed by atoms with Crippen molar-refractivity contribution in [3.05, 3.63) is 0 Å². The molecule has 13 atom stereocenters. The molecule has 170 valence electrons. The second-order valence-corrected chi connectivity index (χ2v) is 13.1. The number of hydrogen-bond acceptors (Lipinski definition) is 3. The Morgan fingerprint density at radius 3 is 2.37 bits per heavy atom. The van der Waals surface area contributed by atoms with Crippen LogP contribution in [0.5, 0.6) is 0 Å². The molecule has 0 aromatic rings. The van der Waals surface area contributed by atoms with Crippen molar-refractivity contribution >= 4 is 0 Å². The van der Waals surface area contributed by atoms with E-state index in [1.54, 1.807) is 0 Å². The molecule has 2 saturated heterocycles. The Labute approximate surface area is 184 Å². The lowest BCUT2D eigenvalue weighted by Crippen LogP contribution is -2.58. The summed E-state index contributed by atoms with van der Waals surface area (Å²) in [6.07, 6.45) is 10.7. The van der Waals surface area contributed by atoms with Crippen LogP contribution in [0.3, 0.4) is 0 Å². The SMILES string of the molecule is C[C@@H]1CC[C@@H]2[C@H](C)[C@@H]3CC[C@H]4[C@H](C[C@H]5[C@@H]4C[C@@H](O)C4C[C@@H](O)CC[C@]45C)[C@H]3CN2C1. The Morgan fingerprint density at radius 1 is 0.733 bits per heavy atom. The van der Waals surface area contributed by atoms with Gasteiger partial charge in [0.1, 0.15) is 0 Å². The van der Waals surface area contributed by atoms with Gasteiger partial charge in [-0.3, -0.25) is 4.90 Å². The Kier molecular flexibility index (Phi) is 4.91. The number of aliphatic hydroxyl groups is 2. The first kappa shape index (κ1) is 20.5. The van der Waals surface area contributed by atoms with Crippen molar-refractivity contribution in [2.45, 2.75) is 96.8 Å². The summed E-state index contributed by atoms with van der Waals surface area (Å²) >= 11 is 0. The molecular formula is C27H45NO2. The van der Waals surface area contributed by atoms with E-state index in [0.717, 1.165) is 79.1 Å². The third-order valence-corrected chi connectivity index (χ3v) is 12.0. The van der Waals surface area contributed by atoms with Crippen molar-refractivity contribution in [3.63, 3.8) is 0 Å². The smallest absolute Gasteiger partial charge is 0.0577 e. The monoisotopic (exact) mass is 415 g/mol. The summed E-state index contributed by atoms with van der Waals surface area (Å²) < 4.78 is 0. The number of hydrogen-bond donors (Lipinski definition) is 2. The molecule has 6 aliphatic rings. The van der Waals surface area contributed by atoms with E-state index in [9.17, 15) is 10.2 Å². The van der Waals surface area contributed by atoms with Gasteiger partial charge in [0, 0.05) is 19.1 Å². The lowest BCUT2D eigenvalue weighted by atomic mass is 9.51. The van der Waals surface area contributed by atoms with Crippen LogP contribution >= 0.6 is 0 Å². The summed E-state index contributed by atoms with van der Waals surface area (Å²) in [7, 11) is 0. The lowest BCUT2D eigenvalue weighted by Gasteiger charge is -2.56. The van der Waals surface area contributed by atoms with Crippen molar-refractivity contribution in [1.29, 1.82) is 0 Å². The summed E-state index contributed by atoms with van der Waals surface area (Å²) in [4.78, 5) is 2.92. The minimum Gasteiger partial charge on any atom is -0.393 e. The fourth-order valence-corrected chi connectivity index (χ4v) is 10.6. The Morgan fingerprint density at radius 2 is 1.53 bits per heavy atom. The second-order valence-electron chi connectivity index (χ2n) is 13.1. The van der Waals surface area contributed by atoms with Gasteiger partial charge < -0.3 is 10.2 Å². The number of rotatable bonds is 0. The van der Waals surface area contributed by atoms with E-state index in [1.165, 1.54) is 45.2 Å². The zero-order valence-corrected chi connectivity index (χ0v) is 19.5. The molecule has 4 aliphatic carbocycles. The van der Waals surface area contributed by atoms with E-state index in [0.29, 0.717) is 5.92 Å². The molecule has 0 spiro atoms. The highest BCUT2D eigenvalue weighted by Gasteiger charge is 2.62. The normalized spacial score (nSPS) is 60.7. The lowest BCUT2D eigenvalue weighted by molar-refractivity contribution is -0.130. The molecule has 6 fully saturated rings. The van der Waals surface area contributed by atoms with Crippen molar-refractivity contribution in [3.8, 4) is 0 Å². The molecule has 6 rings (SSSR count). The predicted octanol–water partition coefficient (Wildman–Crippen LogP) is 4.56. The average Bonchev–Trinajstić information content (AvgIpc) is 3.09. The molecule has 30 heavy (non-hydrogen) atoms. The van der Waals surface area contributed by atoms with Gasteiger partial charge in [0.05, 0.1) is 12.2 Å². The van der Waals surface area contributed by atoms with Crippen LogP contribution in [0.2, 0.25) is 0 Å². The summed E-state index contributed by atoms with van der Waals surface area (Å²) in [5.74, 6) is 7.22. The fraction of sp³-hybridized carbons (Fsp3) is 1.00. The van der Waals surface area contributed by atoms with E-state index in [-0.39, 0.29) is 17.6 Å². The molecule has 3 nitrogen and oxygen atoms in total. The van der Waals surface area contributed by atoms with Crippen LogP contribution in [0.15, 0.2) is 0 Å². The fourth-order valence-electron chi connectivity index (χ4n) is 10.6. The van der Waals surface area contributed by atoms with Crippen molar-refractivity contribution in [2.75, 3.05) is 13.1 Å². The minimum absolute atomic E-state index is 0.180. The number of nitrogens with zero attached hydrogens (tertiary/aromatic N) is 1. The van der Waals surface area contributed by atoms with Gasteiger partial charge >= 0.3 is 0 Å². The van der Waals surface area contributed by atoms with Gasteiger partial charge in [0.25, 0.3) is 0 Å². The van der Waals surface area contributed by atoms with Gasteiger partial charge in [-0.1, -0.05) is 20.8 Å². The minimum atomic E-state index is -0.181. The van der Waals surface area contributed by atoms with Crippen molar-refractivity contribution < 1.29 is 10.2 Å². The maximum absolute atomic E-state index is 11.2. The zero-order valence-electron chi connectivity index (χ0n) is 19.5. The van der Waals surface area contributed by atoms with Gasteiger partial charge in [-0.15, -0.1) is 0 Å². The third kappa shape index (κ3) is 2.86. The van der Waals surface area contributed by atoms with Crippen LogP contribution in [0.25, 0.3) is 0 Å². The van der Waals surface area contributed by atoms with Gasteiger partial charge in [-0.05, 0) is 116 Å². The molecule has 1 unspecified atom stereocenters. The average molecular weight is 416 g/mol. The van der Waals surface area contributed by atoms with E-state index in [4.69, 9.17) is 0 Å². The maximum atomic E-state index is 11.2. The van der Waals surface area contributed by atoms with Gasteiger partial charge in [0.15, 0.2) is 0 Å². The highest BCUT2D eigenvalue weighted by Crippen LogP contribution is 2.67. The highest BCUT2D eigenvalue weighted by molar-refractivity contribution is 5.12. The van der Waals surface area contributed by atoms with Crippen molar-refractivity contribution in [2.24, 2.45) is 58.7 Å². The number of fused-ring (bicyclic) bond motifs is 8. The quantitative estimate of drug-likeness (QED) is 0.609. The van der Waals surface area contributed by atoms with E-state index in [2.05, 4.69) is 25.7 Å². The zero-order chi connectivity index (χ0) is 20.8. The molecule has 0 radical (unpaired) electrons. The Hall–Kier alpha value is -0.120. The Balaban J connectivity index is 1.28. The molecule has 0 aromatic heterocycles. The molecular weight excluding hydrogens is 370 g/mol. The first-order valence-electron chi connectivity index (χ1n) is 13.5. The predicted molar refractivity (Wildman–Crippen MR) is 120 cm³/mol.